The van der Waals surface area contributed by atoms with Crippen molar-refractivity contribution in [2.75, 3.05) is 7.11 Å². The van der Waals surface area contributed by atoms with Gasteiger partial charge in [0.1, 0.15) is 23.0 Å². The maximum Gasteiger partial charge on any atom is 0.345 e. The molecule has 0 radical (unpaired) electrons. The summed E-state index contributed by atoms with van der Waals surface area (Å²) in [5.74, 6) is 0.890. The number of benzene rings is 3. The summed E-state index contributed by atoms with van der Waals surface area (Å²) in [6.07, 6.45) is 0.379. The highest BCUT2D eigenvalue weighted by atomic mass is 19.1. The molecule has 33 heavy (non-hydrogen) atoms. The highest BCUT2D eigenvalue weighted by molar-refractivity contribution is 5.81. The van der Waals surface area contributed by atoms with Crippen LogP contribution in [0.3, 0.4) is 0 Å². The summed E-state index contributed by atoms with van der Waals surface area (Å²) in [5, 5.41) is 0.800. The Morgan fingerprint density at radius 1 is 0.879 bits per heavy atom. The van der Waals surface area contributed by atoms with Gasteiger partial charge in [0.15, 0.2) is 0 Å². The van der Waals surface area contributed by atoms with Gasteiger partial charge in [0, 0.05) is 17.4 Å². The van der Waals surface area contributed by atoms with Crippen LogP contribution in [0.4, 0.5) is 4.39 Å². The Morgan fingerprint density at radius 2 is 1.67 bits per heavy atom. The fourth-order valence-electron chi connectivity index (χ4n) is 3.67. The van der Waals surface area contributed by atoms with E-state index in [4.69, 9.17) is 14.1 Å². The molecule has 0 N–H and O–H groups in total. The van der Waals surface area contributed by atoms with Crippen LogP contribution in [-0.2, 0) is 6.42 Å². The van der Waals surface area contributed by atoms with Crippen molar-refractivity contribution in [3.63, 3.8) is 0 Å². The SMILES string of the molecule is COc1cccc(-c2cc(-c3cc4ccccc4oc3=O)nc(Cc3ccc(F)cc3)n2)c1. The quantitative estimate of drug-likeness (QED) is 0.332. The van der Waals surface area contributed by atoms with E-state index in [2.05, 4.69) is 4.98 Å². The van der Waals surface area contributed by atoms with Gasteiger partial charge in [-0.3, -0.25) is 0 Å². The molecule has 0 aliphatic heterocycles. The Labute approximate surface area is 189 Å². The lowest BCUT2D eigenvalue weighted by Crippen LogP contribution is -2.07. The molecule has 0 aliphatic rings. The van der Waals surface area contributed by atoms with Crippen LogP contribution < -0.4 is 10.4 Å². The molecule has 162 valence electrons. The third kappa shape index (κ3) is 4.36. The maximum atomic E-state index is 13.4. The molecule has 0 spiro atoms. The molecule has 0 saturated carbocycles. The number of halogens is 1. The number of ether oxygens (including phenoxy) is 1. The van der Waals surface area contributed by atoms with Crippen LogP contribution in [0.5, 0.6) is 5.75 Å². The van der Waals surface area contributed by atoms with Crippen molar-refractivity contribution in [3.8, 4) is 28.3 Å². The van der Waals surface area contributed by atoms with Gasteiger partial charge in [-0.1, -0.05) is 42.5 Å². The topological polar surface area (TPSA) is 65.2 Å². The van der Waals surface area contributed by atoms with Crippen LogP contribution in [0.25, 0.3) is 33.5 Å². The van der Waals surface area contributed by atoms with E-state index >= 15 is 0 Å². The molecule has 0 saturated heterocycles. The minimum absolute atomic E-state index is 0.306. The Kier molecular flexibility index (Phi) is 5.40. The van der Waals surface area contributed by atoms with Crippen LogP contribution in [0.2, 0.25) is 0 Å². The lowest BCUT2D eigenvalue weighted by Gasteiger charge is -2.10. The van der Waals surface area contributed by atoms with Gasteiger partial charge in [-0.05, 0) is 48.0 Å². The van der Waals surface area contributed by atoms with E-state index < -0.39 is 5.63 Å². The van der Waals surface area contributed by atoms with E-state index in [9.17, 15) is 9.18 Å². The second kappa shape index (κ2) is 8.67. The van der Waals surface area contributed by atoms with Crippen LogP contribution in [0.1, 0.15) is 11.4 Å². The molecule has 5 aromatic rings. The molecule has 0 aliphatic carbocycles. The Balaban J connectivity index is 1.67. The van der Waals surface area contributed by atoms with Crippen molar-refractivity contribution in [3.05, 3.63) is 113 Å². The monoisotopic (exact) mass is 438 g/mol. The first-order valence-corrected chi connectivity index (χ1v) is 10.4. The maximum absolute atomic E-state index is 13.4. The highest BCUT2D eigenvalue weighted by Crippen LogP contribution is 2.27. The number of hydrogen-bond donors (Lipinski definition) is 0. The molecule has 2 heterocycles. The van der Waals surface area contributed by atoms with Gasteiger partial charge in [0.05, 0.1) is 24.1 Å². The molecule has 5 nitrogen and oxygen atoms in total. The minimum Gasteiger partial charge on any atom is -0.497 e. The van der Waals surface area contributed by atoms with Gasteiger partial charge in [-0.25, -0.2) is 19.2 Å². The van der Waals surface area contributed by atoms with E-state index in [0.717, 1.165) is 16.5 Å². The lowest BCUT2D eigenvalue weighted by atomic mass is 10.1. The smallest absolute Gasteiger partial charge is 0.345 e. The van der Waals surface area contributed by atoms with Crippen molar-refractivity contribution in [2.24, 2.45) is 0 Å². The number of hydrogen-bond acceptors (Lipinski definition) is 5. The number of fused-ring (bicyclic) bond motifs is 1. The molecule has 0 amide bonds. The largest absolute Gasteiger partial charge is 0.497 e. The van der Waals surface area contributed by atoms with Gasteiger partial charge < -0.3 is 9.15 Å². The lowest BCUT2D eigenvalue weighted by molar-refractivity contribution is 0.415. The summed E-state index contributed by atoms with van der Waals surface area (Å²) < 4.78 is 24.2. The minimum atomic E-state index is -0.475. The summed E-state index contributed by atoms with van der Waals surface area (Å²) in [6.45, 7) is 0. The van der Waals surface area contributed by atoms with Crippen molar-refractivity contribution in [1.82, 2.24) is 9.97 Å². The van der Waals surface area contributed by atoms with Crippen LogP contribution >= 0.6 is 0 Å². The molecular weight excluding hydrogens is 419 g/mol. The molecule has 0 atom stereocenters. The summed E-state index contributed by atoms with van der Waals surface area (Å²) in [5.41, 5.74) is 3.17. The van der Waals surface area contributed by atoms with Gasteiger partial charge in [0.25, 0.3) is 0 Å². The predicted octanol–water partition coefficient (Wildman–Crippen LogP) is 5.66. The fourth-order valence-corrected chi connectivity index (χ4v) is 3.67. The van der Waals surface area contributed by atoms with Gasteiger partial charge in [-0.15, -0.1) is 0 Å². The van der Waals surface area contributed by atoms with E-state index in [1.54, 1.807) is 37.4 Å². The van der Waals surface area contributed by atoms with Gasteiger partial charge in [0.2, 0.25) is 0 Å². The summed E-state index contributed by atoms with van der Waals surface area (Å²) >= 11 is 0. The van der Waals surface area contributed by atoms with E-state index in [0.29, 0.717) is 40.5 Å². The first-order valence-electron chi connectivity index (χ1n) is 10.4. The molecule has 2 aromatic heterocycles. The molecule has 0 fully saturated rings. The second-order valence-electron chi connectivity index (χ2n) is 7.58. The Bertz CT molecular complexity index is 1510. The average molecular weight is 438 g/mol. The predicted molar refractivity (Wildman–Crippen MR) is 125 cm³/mol. The average Bonchev–Trinajstić information content (AvgIpc) is 2.85. The van der Waals surface area contributed by atoms with Crippen molar-refractivity contribution in [1.29, 1.82) is 0 Å². The number of methoxy groups -OCH3 is 1. The van der Waals surface area contributed by atoms with Crippen molar-refractivity contribution in [2.45, 2.75) is 6.42 Å². The molecule has 6 heteroatoms. The van der Waals surface area contributed by atoms with Crippen LogP contribution in [0.15, 0.2) is 94.1 Å². The van der Waals surface area contributed by atoms with E-state index in [1.165, 1.54) is 12.1 Å². The van der Waals surface area contributed by atoms with Crippen LogP contribution in [0, 0.1) is 5.82 Å². The zero-order chi connectivity index (χ0) is 22.8. The number of rotatable bonds is 5. The Hall–Kier alpha value is -4.32. The first-order chi connectivity index (χ1) is 16.1. The molecule has 3 aromatic carbocycles. The summed E-state index contributed by atoms with van der Waals surface area (Å²) in [6, 6.07) is 24.6. The normalized spacial score (nSPS) is 11.0. The molecule has 0 unspecified atom stereocenters. The molecular formula is C27H19FN2O3. The summed E-state index contributed by atoms with van der Waals surface area (Å²) in [4.78, 5) is 22.2. The first kappa shape index (κ1) is 20.6. The third-order valence-corrected chi connectivity index (χ3v) is 5.33. The fraction of sp³-hybridized carbons (Fsp3) is 0.0741. The van der Waals surface area contributed by atoms with Crippen LogP contribution in [-0.4, -0.2) is 17.1 Å². The van der Waals surface area contributed by atoms with E-state index in [1.807, 2.05) is 42.5 Å². The molecule has 0 bridgehead atoms. The number of nitrogens with zero attached hydrogens (tertiary/aromatic N) is 2. The highest BCUT2D eigenvalue weighted by Gasteiger charge is 2.14. The molecule has 5 rings (SSSR count). The standard InChI is InChI=1S/C27H19FN2O3/c1-32-21-7-4-6-18(14-21)23-16-24(22-15-19-5-2-3-8-25(19)33-27(22)31)30-26(29-23)13-17-9-11-20(28)12-10-17/h2-12,14-16H,13H2,1H3. The van der Waals surface area contributed by atoms with Crippen molar-refractivity contribution < 1.29 is 13.5 Å². The second-order valence-corrected chi connectivity index (χ2v) is 7.58. The third-order valence-electron chi connectivity index (χ3n) is 5.33. The summed E-state index contributed by atoms with van der Waals surface area (Å²) in [7, 11) is 1.60. The van der Waals surface area contributed by atoms with Gasteiger partial charge >= 0.3 is 5.63 Å². The van der Waals surface area contributed by atoms with E-state index in [-0.39, 0.29) is 5.82 Å². The zero-order valence-electron chi connectivity index (χ0n) is 17.8. The zero-order valence-corrected chi connectivity index (χ0v) is 17.8. The van der Waals surface area contributed by atoms with Crippen molar-refractivity contribution >= 4 is 11.0 Å². The Morgan fingerprint density at radius 3 is 2.48 bits per heavy atom. The number of aromatic nitrogens is 2. The number of para-hydroxylation sites is 1. The van der Waals surface area contributed by atoms with Gasteiger partial charge in [-0.2, -0.15) is 0 Å².